The maximum atomic E-state index is 13.6. The second kappa shape index (κ2) is 9.24. The van der Waals surface area contributed by atoms with Gasteiger partial charge in [0.25, 0.3) is 16.5 Å². The molecule has 4 heterocycles. The molecule has 1 N–H and O–H groups in total. The van der Waals surface area contributed by atoms with Crippen LogP contribution in [0.1, 0.15) is 12.0 Å². The van der Waals surface area contributed by atoms with E-state index in [1.54, 1.807) is 30.6 Å². The summed E-state index contributed by atoms with van der Waals surface area (Å²) in [6.07, 6.45) is 6.45. The minimum Gasteiger partial charge on any atom is -0.490 e. The first-order valence-electron chi connectivity index (χ1n) is 10.5. The molecule has 0 fully saturated rings. The van der Waals surface area contributed by atoms with Crippen LogP contribution in [-0.4, -0.2) is 74.2 Å². The van der Waals surface area contributed by atoms with Crippen molar-refractivity contribution in [2.24, 2.45) is 0 Å². The summed E-state index contributed by atoms with van der Waals surface area (Å²) >= 11 is 0. The number of likely N-dealkylation sites (N-methyl/N-ethyl adjacent to an activating group) is 2. The summed E-state index contributed by atoms with van der Waals surface area (Å²) in [6.45, 7) is 2.85. The van der Waals surface area contributed by atoms with Crippen LogP contribution in [0, 0.1) is 0 Å². The molecule has 1 aromatic carbocycles. The van der Waals surface area contributed by atoms with Crippen molar-refractivity contribution in [2.45, 2.75) is 11.3 Å². The topological polar surface area (TPSA) is 105 Å². The molecule has 2 aliphatic rings. The first-order valence-corrected chi connectivity index (χ1v) is 12.0. The second-order valence-corrected chi connectivity index (χ2v) is 9.78. The zero-order valence-electron chi connectivity index (χ0n) is 18.5. The van der Waals surface area contributed by atoms with Crippen LogP contribution in [-0.2, 0) is 14.8 Å². The number of carboxylic acid groups (broad SMARTS) is 1. The summed E-state index contributed by atoms with van der Waals surface area (Å²) in [5, 5.41) is 6.89. The molecule has 174 valence electrons. The van der Waals surface area contributed by atoms with Crippen LogP contribution in [0.2, 0.25) is 0 Å². The zero-order chi connectivity index (χ0) is 23.6. The molecule has 0 aliphatic carbocycles. The van der Waals surface area contributed by atoms with Crippen molar-refractivity contribution in [1.29, 1.82) is 0 Å². The van der Waals surface area contributed by atoms with Gasteiger partial charge < -0.3 is 19.6 Å². The van der Waals surface area contributed by atoms with E-state index in [0.29, 0.717) is 23.4 Å². The fraction of sp³-hybridized carbons (Fsp3) is 0.304. The Kier molecular flexibility index (Phi) is 6.39. The SMILES string of the molecule is CN1CC=C(c2cn(S(=O)(=O)c3ccc4c(c3)OCCN4C)c3cccnc23)CC1.O=CO. The number of nitrogens with zero attached hydrogens (tertiary/aromatic N) is 4. The number of benzene rings is 1. The highest BCUT2D eigenvalue weighted by molar-refractivity contribution is 7.90. The molecule has 3 aromatic rings. The largest absolute Gasteiger partial charge is 0.490 e. The maximum Gasteiger partial charge on any atom is 0.290 e. The predicted molar refractivity (Wildman–Crippen MR) is 126 cm³/mol. The van der Waals surface area contributed by atoms with Crippen LogP contribution < -0.4 is 9.64 Å². The Morgan fingerprint density at radius 1 is 1.18 bits per heavy atom. The van der Waals surface area contributed by atoms with E-state index in [1.165, 1.54) is 3.97 Å². The normalized spacial score (nSPS) is 16.3. The third-order valence-corrected chi connectivity index (χ3v) is 7.54. The summed E-state index contributed by atoms with van der Waals surface area (Å²) in [6, 6.07) is 8.66. The maximum absolute atomic E-state index is 13.6. The van der Waals surface area contributed by atoms with Crippen LogP contribution in [0.15, 0.2) is 53.7 Å². The molecule has 0 radical (unpaired) electrons. The van der Waals surface area contributed by atoms with Gasteiger partial charge in [-0.15, -0.1) is 0 Å². The average Bonchev–Trinajstić information content (AvgIpc) is 3.21. The van der Waals surface area contributed by atoms with Gasteiger partial charge in [0.2, 0.25) is 0 Å². The zero-order valence-corrected chi connectivity index (χ0v) is 19.3. The Morgan fingerprint density at radius 3 is 2.70 bits per heavy atom. The number of hydrogen-bond donors (Lipinski definition) is 1. The third-order valence-electron chi connectivity index (χ3n) is 5.87. The molecule has 2 aliphatic heterocycles. The number of rotatable bonds is 3. The number of carbonyl (C=O) groups is 1. The van der Waals surface area contributed by atoms with Crippen molar-refractivity contribution in [3.8, 4) is 5.75 Å². The summed E-state index contributed by atoms with van der Waals surface area (Å²) in [7, 11) is 0.248. The van der Waals surface area contributed by atoms with Gasteiger partial charge in [0.1, 0.15) is 12.4 Å². The highest BCUT2D eigenvalue weighted by Gasteiger charge is 2.26. The molecule has 0 saturated heterocycles. The van der Waals surface area contributed by atoms with E-state index >= 15 is 0 Å². The van der Waals surface area contributed by atoms with Gasteiger partial charge in [-0.3, -0.25) is 9.78 Å². The molecule has 5 rings (SSSR count). The first kappa shape index (κ1) is 22.8. The lowest BCUT2D eigenvalue weighted by atomic mass is 10.0. The van der Waals surface area contributed by atoms with Crippen molar-refractivity contribution in [2.75, 3.05) is 45.2 Å². The monoisotopic (exact) mass is 470 g/mol. The number of fused-ring (bicyclic) bond motifs is 2. The first-order chi connectivity index (χ1) is 15.9. The molecule has 2 aromatic heterocycles. The lowest BCUT2D eigenvalue weighted by Crippen LogP contribution is -2.29. The molecule has 0 amide bonds. The Bertz CT molecular complexity index is 1320. The molecule has 0 atom stereocenters. The van der Waals surface area contributed by atoms with E-state index in [9.17, 15) is 8.42 Å². The number of pyridine rings is 1. The number of aromatic nitrogens is 2. The Balaban J connectivity index is 0.000000821. The van der Waals surface area contributed by atoms with Crippen LogP contribution >= 0.6 is 0 Å². The van der Waals surface area contributed by atoms with E-state index in [2.05, 4.69) is 27.9 Å². The van der Waals surface area contributed by atoms with Gasteiger partial charge in [-0.1, -0.05) is 6.08 Å². The van der Waals surface area contributed by atoms with E-state index in [-0.39, 0.29) is 11.4 Å². The molecule has 9 nitrogen and oxygen atoms in total. The van der Waals surface area contributed by atoms with Gasteiger partial charge in [-0.25, -0.2) is 12.4 Å². The molecular formula is C23H26N4O5S. The minimum absolute atomic E-state index is 0.209. The van der Waals surface area contributed by atoms with Crippen molar-refractivity contribution < 1.29 is 23.1 Å². The molecule has 0 spiro atoms. The Labute approximate surface area is 192 Å². The molecule has 0 saturated carbocycles. The van der Waals surface area contributed by atoms with Crippen LogP contribution in [0.4, 0.5) is 5.69 Å². The molecule has 33 heavy (non-hydrogen) atoms. The number of hydrogen-bond acceptors (Lipinski definition) is 7. The van der Waals surface area contributed by atoms with Crippen molar-refractivity contribution >= 4 is 38.8 Å². The van der Waals surface area contributed by atoms with Gasteiger partial charge in [0, 0.05) is 44.2 Å². The summed E-state index contributed by atoms with van der Waals surface area (Å²) in [5.74, 6) is 0.595. The lowest BCUT2D eigenvalue weighted by Gasteiger charge is -2.27. The molecule has 0 unspecified atom stereocenters. The fourth-order valence-electron chi connectivity index (χ4n) is 4.09. The van der Waals surface area contributed by atoms with Crippen molar-refractivity contribution in [3.05, 3.63) is 54.4 Å². The average molecular weight is 471 g/mol. The number of ether oxygens (including phenoxy) is 1. The summed E-state index contributed by atoms with van der Waals surface area (Å²) < 4.78 is 34.3. The van der Waals surface area contributed by atoms with Crippen LogP contribution in [0.5, 0.6) is 5.75 Å². The van der Waals surface area contributed by atoms with Gasteiger partial charge in [0.05, 0.1) is 28.2 Å². The van der Waals surface area contributed by atoms with Crippen LogP contribution in [0.3, 0.4) is 0 Å². The Hall–Kier alpha value is -3.37. The minimum atomic E-state index is -3.80. The highest BCUT2D eigenvalue weighted by atomic mass is 32.2. The summed E-state index contributed by atoms with van der Waals surface area (Å²) in [5.41, 5.74) is 4.22. The highest BCUT2D eigenvalue weighted by Crippen LogP contribution is 2.35. The van der Waals surface area contributed by atoms with E-state index in [0.717, 1.165) is 42.9 Å². The predicted octanol–water partition coefficient (Wildman–Crippen LogP) is 2.52. The molecule has 10 heteroatoms. The fourth-order valence-corrected chi connectivity index (χ4v) is 5.47. The standard InChI is InChI=1S/C22H24N4O3S.CH2O2/c1-24-10-7-16(8-11-24)18-15-26(20-4-3-9-23-22(18)20)30(27,28)17-5-6-19-21(14-17)29-13-12-25(19)2;2-1-3/h3-7,9,14-15H,8,10-13H2,1-2H3;1H,(H,2,3). The van der Waals surface area contributed by atoms with E-state index in [4.69, 9.17) is 14.6 Å². The van der Waals surface area contributed by atoms with Gasteiger partial charge in [-0.2, -0.15) is 0 Å². The number of anilines is 1. The van der Waals surface area contributed by atoms with E-state index in [1.807, 2.05) is 19.2 Å². The van der Waals surface area contributed by atoms with Gasteiger partial charge >= 0.3 is 0 Å². The van der Waals surface area contributed by atoms with Crippen LogP contribution in [0.25, 0.3) is 16.6 Å². The molecule has 0 bridgehead atoms. The quantitative estimate of drug-likeness (QED) is 0.583. The second-order valence-electron chi connectivity index (χ2n) is 7.96. The lowest BCUT2D eigenvalue weighted by molar-refractivity contribution is -0.122. The van der Waals surface area contributed by atoms with Crippen molar-refractivity contribution in [1.82, 2.24) is 13.9 Å². The summed E-state index contributed by atoms with van der Waals surface area (Å²) in [4.78, 5) is 17.4. The van der Waals surface area contributed by atoms with Gasteiger partial charge in [-0.05, 0) is 43.3 Å². The molecular weight excluding hydrogens is 444 g/mol. The smallest absolute Gasteiger partial charge is 0.290 e. The van der Waals surface area contributed by atoms with Crippen molar-refractivity contribution in [3.63, 3.8) is 0 Å². The van der Waals surface area contributed by atoms with E-state index < -0.39 is 10.0 Å². The Morgan fingerprint density at radius 2 is 1.97 bits per heavy atom. The van der Waals surface area contributed by atoms with Gasteiger partial charge in [0.15, 0.2) is 0 Å². The third kappa shape index (κ3) is 4.31.